The molecule has 4 heteroatoms. The predicted octanol–water partition coefficient (Wildman–Crippen LogP) is 7.73. The Labute approximate surface area is 227 Å². The summed E-state index contributed by atoms with van der Waals surface area (Å²) in [5, 5.41) is 0. The molecule has 4 nitrogen and oxygen atoms in total. The van der Waals surface area contributed by atoms with Gasteiger partial charge < -0.3 is 9.47 Å². The number of esters is 2. The Morgan fingerprint density at radius 2 is 1.34 bits per heavy atom. The van der Waals surface area contributed by atoms with E-state index in [0.717, 1.165) is 32.1 Å². The van der Waals surface area contributed by atoms with E-state index in [-0.39, 0.29) is 35.0 Å². The summed E-state index contributed by atoms with van der Waals surface area (Å²) in [6.07, 6.45) is 9.08. The summed E-state index contributed by atoms with van der Waals surface area (Å²) in [6, 6.07) is 18.8. The zero-order chi connectivity index (χ0) is 26.5. The molecule has 4 aliphatic carbocycles. The van der Waals surface area contributed by atoms with Crippen molar-refractivity contribution in [3.63, 3.8) is 0 Å². The monoisotopic (exact) mass is 514 g/mol. The molecule has 6 rings (SSSR count). The summed E-state index contributed by atoms with van der Waals surface area (Å²) < 4.78 is 12.3. The molecule has 0 spiro atoms. The first-order valence-electron chi connectivity index (χ1n) is 14.8. The maximum Gasteiger partial charge on any atom is 0.338 e. The molecule has 2 aromatic carbocycles. The van der Waals surface area contributed by atoms with Crippen molar-refractivity contribution < 1.29 is 19.1 Å². The molecule has 4 saturated carbocycles. The van der Waals surface area contributed by atoms with Crippen LogP contribution in [0.5, 0.6) is 0 Å². The van der Waals surface area contributed by atoms with Crippen molar-refractivity contribution in [3.8, 4) is 0 Å². The SMILES string of the molecule is C[C@@H]1C[C@@]2(C)C(CC[C@H]3[C@@H]4CC[C@H](OC(=O)c5ccccc5)[C@@]4(C)CC[C@@H]32)C[C@H]1OC(=O)c1ccccc1. The molecule has 0 heterocycles. The van der Waals surface area contributed by atoms with Crippen molar-refractivity contribution in [1.82, 2.24) is 0 Å². The summed E-state index contributed by atoms with van der Waals surface area (Å²) in [4.78, 5) is 25.7. The Hall–Kier alpha value is -2.62. The first-order chi connectivity index (χ1) is 18.3. The van der Waals surface area contributed by atoms with Crippen LogP contribution in [0.3, 0.4) is 0 Å². The molecule has 4 aliphatic rings. The van der Waals surface area contributed by atoms with E-state index in [0.29, 0.717) is 40.7 Å². The van der Waals surface area contributed by atoms with Gasteiger partial charge in [0.2, 0.25) is 0 Å². The number of rotatable bonds is 4. The van der Waals surface area contributed by atoms with E-state index < -0.39 is 0 Å². The molecule has 9 atom stereocenters. The van der Waals surface area contributed by atoms with Crippen molar-refractivity contribution >= 4 is 11.9 Å². The quantitative estimate of drug-likeness (QED) is 0.392. The Bertz CT molecular complexity index is 1160. The number of fused-ring (bicyclic) bond motifs is 5. The van der Waals surface area contributed by atoms with Gasteiger partial charge in [-0.05, 0) is 111 Å². The van der Waals surface area contributed by atoms with Gasteiger partial charge in [0.15, 0.2) is 0 Å². The van der Waals surface area contributed by atoms with Gasteiger partial charge in [0.1, 0.15) is 12.2 Å². The average Bonchev–Trinajstić information content (AvgIpc) is 3.26. The summed E-state index contributed by atoms with van der Waals surface area (Å²) in [5.41, 5.74) is 1.66. The lowest BCUT2D eigenvalue weighted by molar-refractivity contribution is -0.147. The third kappa shape index (κ3) is 4.28. The molecule has 38 heavy (non-hydrogen) atoms. The Morgan fingerprint density at radius 3 is 2.00 bits per heavy atom. The lowest BCUT2D eigenvalue weighted by atomic mass is 9.44. The maximum absolute atomic E-state index is 12.9. The third-order valence-electron chi connectivity index (χ3n) is 11.4. The van der Waals surface area contributed by atoms with Crippen LogP contribution in [0, 0.1) is 40.4 Å². The zero-order valence-corrected chi connectivity index (χ0v) is 23.1. The highest BCUT2D eigenvalue weighted by Crippen LogP contribution is 2.67. The van der Waals surface area contributed by atoms with E-state index >= 15 is 0 Å². The summed E-state index contributed by atoms with van der Waals surface area (Å²) in [7, 11) is 0. The lowest BCUT2D eigenvalue weighted by Gasteiger charge is -2.61. The first kappa shape index (κ1) is 25.6. The smallest absolute Gasteiger partial charge is 0.338 e. The minimum atomic E-state index is -0.185. The van der Waals surface area contributed by atoms with Crippen molar-refractivity contribution in [1.29, 1.82) is 0 Å². The fourth-order valence-electron chi connectivity index (χ4n) is 9.44. The second-order valence-electron chi connectivity index (χ2n) is 13.3. The number of hydrogen-bond acceptors (Lipinski definition) is 4. The molecule has 0 bridgehead atoms. The molecular formula is C34H42O4. The van der Waals surface area contributed by atoms with Crippen LogP contribution >= 0.6 is 0 Å². The van der Waals surface area contributed by atoms with Crippen LogP contribution in [0.15, 0.2) is 60.7 Å². The molecule has 4 fully saturated rings. The number of carbonyl (C=O) groups excluding carboxylic acids is 2. The number of ether oxygens (including phenoxy) is 2. The number of carbonyl (C=O) groups is 2. The van der Waals surface area contributed by atoms with Crippen molar-refractivity contribution in [2.45, 2.75) is 84.3 Å². The topological polar surface area (TPSA) is 52.6 Å². The maximum atomic E-state index is 12.9. The fourth-order valence-corrected chi connectivity index (χ4v) is 9.44. The molecule has 0 amide bonds. The van der Waals surface area contributed by atoms with Crippen LogP contribution in [0.4, 0.5) is 0 Å². The molecule has 0 N–H and O–H groups in total. The van der Waals surface area contributed by atoms with Crippen LogP contribution in [-0.4, -0.2) is 24.1 Å². The Morgan fingerprint density at radius 1 is 0.737 bits per heavy atom. The summed E-state index contributed by atoms with van der Waals surface area (Å²) in [5.74, 6) is 2.63. The minimum absolute atomic E-state index is 0.000512. The fraction of sp³-hybridized carbons (Fsp3) is 0.588. The molecule has 202 valence electrons. The minimum Gasteiger partial charge on any atom is -0.458 e. The number of benzene rings is 2. The molecule has 0 aromatic heterocycles. The van der Waals surface area contributed by atoms with Gasteiger partial charge >= 0.3 is 11.9 Å². The molecule has 0 radical (unpaired) electrons. The lowest BCUT2D eigenvalue weighted by Crippen LogP contribution is -2.56. The van der Waals surface area contributed by atoms with Gasteiger partial charge in [0.25, 0.3) is 0 Å². The zero-order valence-electron chi connectivity index (χ0n) is 23.1. The van der Waals surface area contributed by atoms with E-state index in [1.807, 2.05) is 60.7 Å². The second kappa shape index (κ2) is 9.84. The van der Waals surface area contributed by atoms with E-state index in [9.17, 15) is 9.59 Å². The molecule has 0 saturated heterocycles. The molecular weight excluding hydrogens is 472 g/mol. The van der Waals surface area contributed by atoms with Gasteiger partial charge in [0.05, 0.1) is 11.1 Å². The second-order valence-corrected chi connectivity index (χ2v) is 13.3. The summed E-state index contributed by atoms with van der Waals surface area (Å²) >= 11 is 0. The van der Waals surface area contributed by atoms with Crippen LogP contribution in [-0.2, 0) is 9.47 Å². The van der Waals surface area contributed by atoms with E-state index in [4.69, 9.17) is 9.47 Å². The highest BCUT2D eigenvalue weighted by molar-refractivity contribution is 5.90. The van der Waals surface area contributed by atoms with Crippen molar-refractivity contribution in [3.05, 3.63) is 71.8 Å². The van der Waals surface area contributed by atoms with Gasteiger partial charge in [-0.3, -0.25) is 0 Å². The highest BCUT2D eigenvalue weighted by Gasteiger charge is 2.62. The molecule has 2 aromatic rings. The third-order valence-corrected chi connectivity index (χ3v) is 11.4. The standard InChI is InChI=1S/C34H42O4/c1-22-21-34(3)25(20-29(22)37-31(35)23-10-6-4-7-11-23)14-15-26-27-16-17-30(33(27,2)19-18-28(26)34)38-32(36)24-12-8-5-9-13-24/h4-13,22,25-30H,14-21H2,1-3H3/t22-,25?,26+,27+,28+,29-,30+,33+,34+/m1/s1. The van der Waals surface area contributed by atoms with Gasteiger partial charge in [-0.25, -0.2) is 9.59 Å². The Kier molecular flexibility index (Phi) is 6.64. The van der Waals surface area contributed by atoms with E-state index in [2.05, 4.69) is 20.8 Å². The van der Waals surface area contributed by atoms with Crippen LogP contribution < -0.4 is 0 Å². The van der Waals surface area contributed by atoms with Gasteiger partial charge in [-0.1, -0.05) is 57.2 Å². The largest absolute Gasteiger partial charge is 0.458 e. The predicted molar refractivity (Wildman–Crippen MR) is 148 cm³/mol. The highest BCUT2D eigenvalue weighted by atomic mass is 16.5. The van der Waals surface area contributed by atoms with Crippen LogP contribution in [0.25, 0.3) is 0 Å². The first-order valence-corrected chi connectivity index (χ1v) is 14.8. The van der Waals surface area contributed by atoms with Crippen LogP contribution in [0.1, 0.15) is 92.9 Å². The molecule has 0 aliphatic heterocycles. The van der Waals surface area contributed by atoms with E-state index in [1.54, 1.807) is 0 Å². The van der Waals surface area contributed by atoms with E-state index in [1.165, 1.54) is 19.3 Å². The van der Waals surface area contributed by atoms with Gasteiger partial charge in [0, 0.05) is 5.41 Å². The average molecular weight is 515 g/mol. The van der Waals surface area contributed by atoms with Crippen molar-refractivity contribution in [2.24, 2.45) is 40.4 Å². The summed E-state index contributed by atoms with van der Waals surface area (Å²) in [6.45, 7) is 7.24. The van der Waals surface area contributed by atoms with Crippen molar-refractivity contribution in [2.75, 3.05) is 0 Å². The van der Waals surface area contributed by atoms with Crippen LogP contribution in [0.2, 0.25) is 0 Å². The number of hydrogen-bond donors (Lipinski definition) is 0. The molecule has 1 unspecified atom stereocenters. The Balaban J connectivity index is 1.14. The normalized spacial score (nSPS) is 39.8. The van der Waals surface area contributed by atoms with Gasteiger partial charge in [-0.2, -0.15) is 0 Å². The van der Waals surface area contributed by atoms with Gasteiger partial charge in [-0.15, -0.1) is 0 Å².